The standard InChI is InChI=1S/C18H26O4/c1-13-3-7-15(8-4-13)17(19)21-11-12-22-18(20)16-9-5-14(2)6-10-16/h3,5,15-16H,4,6-12H2,1-2H3. The maximum atomic E-state index is 11.9. The molecule has 22 heavy (non-hydrogen) atoms. The van der Waals surface area contributed by atoms with Crippen molar-refractivity contribution < 1.29 is 19.1 Å². The number of carbonyl (C=O) groups is 2. The van der Waals surface area contributed by atoms with Crippen LogP contribution in [0.15, 0.2) is 23.3 Å². The molecule has 0 aromatic heterocycles. The number of carbonyl (C=O) groups excluding carboxylic acids is 2. The molecule has 0 aromatic carbocycles. The second-order valence-electron chi connectivity index (χ2n) is 6.38. The first kappa shape index (κ1) is 16.8. The molecule has 0 aromatic rings. The van der Waals surface area contributed by atoms with E-state index in [2.05, 4.69) is 26.0 Å². The van der Waals surface area contributed by atoms with E-state index in [9.17, 15) is 9.59 Å². The van der Waals surface area contributed by atoms with Crippen LogP contribution in [0.25, 0.3) is 0 Å². The fourth-order valence-corrected chi connectivity index (χ4v) is 2.88. The van der Waals surface area contributed by atoms with Gasteiger partial charge in [-0.3, -0.25) is 9.59 Å². The first-order valence-corrected chi connectivity index (χ1v) is 8.21. The van der Waals surface area contributed by atoms with Crippen molar-refractivity contribution in [1.29, 1.82) is 0 Å². The molecule has 0 bridgehead atoms. The third kappa shape index (κ3) is 5.00. The van der Waals surface area contributed by atoms with Crippen LogP contribution in [0.4, 0.5) is 0 Å². The minimum atomic E-state index is -0.170. The predicted molar refractivity (Wildman–Crippen MR) is 84.1 cm³/mol. The van der Waals surface area contributed by atoms with Crippen LogP contribution in [0.3, 0.4) is 0 Å². The zero-order valence-corrected chi connectivity index (χ0v) is 13.6. The van der Waals surface area contributed by atoms with E-state index in [1.54, 1.807) is 0 Å². The number of ether oxygens (including phenoxy) is 2. The highest BCUT2D eigenvalue weighted by Crippen LogP contribution is 2.25. The van der Waals surface area contributed by atoms with E-state index in [4.69, 9.17) is 9.47 Å². The van der Waals surface area contributed by atoms with Crippen LogP contribution in [0.5, 0.6) is 0 Å². The van der Waals surface area contributed by atoms with Crippen molar-refractivity contribution in [3.63, 3.8) is 0 Å². The third-order valence-electron chi connectivity index (χ3n) is 4.51. The zero-order valence-electron chi connectivity index (χ0n) is 13.6. The van der Waals surface area contributed by atoms with Gasteiger partial charge >= 0.3 is 11.9 Å². The van der Waals surface area contributed by atoms with Gasteiger partial charge in [-0.25, -0.2) is 0 Å². The molecule has 4 heteroatoms. The molecular formula is C18H26O4. The topological polar surface area (TPSA) is 52.6 Å². The highest BCUT2D eigenvalue weighted by molar-refractivity contribution is 5.73. The Labute approximate surface area is 132 Å². The van der Waals surface area contributed by atoms with E-state index in [0.717, 1.165) is 38.5 Å². The summed E-state index contributed by atoms with van der Waals surface area (Å²) < 4.78 is 10.4. The molecule has 0 saturated carbocycles. The van der Waals surface area contributed by atoms with E-state index >= 15 is 0 Å². The highest BCUT2D eigenvalue weighted by Gasteiger charge is 2.23. The van der Waals surface area contributed by atoms with Gasteiger partial charge in [0.1, 0.15) is 13.2 Å². The maximum Gasteiger partial charge on any atom is 0.309 e. The summed E-state index contributed by atoms with van der Waals surface area (Å²) in [7, 11) is 0. The summed E-state index contributed by atoms with van der Waals surface area (Å²) in [5, 5.41) is 0. The fraction of sp³-hybridized carbons (Fsp3) is 0.667. The molecule has 2 rings (SSSR count). The van der Waals surface area contributed by atoms with Gasteiger partial charge in [0, 0.05) is 0 Å². The number of esters is 2. The lowest BCUT2D eigenvalue weighted by molar-refractivity contribution is -0.157. The predicted octanol–water partition coefficient (Wildman–Crippen LogP) is 3.57. The van der Waals surface area contributed by atoms with Crippen LogP contribution in [0, 0.1) is 11.8 Å². The van der Waals surface area contributed by atoms with Crippen molar-refractivity contribution in [2.75, 3.05) is 13.2 Å². The molecule has 2 unspecified atom stereocenters. The van der Waals surface area contributed by atoms with Crippen LogP contribution in [-0.2, 0) is 19.1 Å². The van der Waals surface area contributed by atoms with Crippen molar-refractivity contribution in [2.45, 2.75) is 52.4 Å². The number of hydrogen-bond acceptors (Lipinski definition) is 4. The molecule has 0 fully saturated rings. The molecule has 0 heterocycles. The monoisotopic (exact) mass is 306 g/mol. The summed E-state index contributed by atoms with van der Waals surface area (Å²) in [6.45, 7) is 4.49. The first-order valence-electron chi connectivity index (χ1n) is 8.21. The van der Waals surface area contributed by atoms with Gasteiger partial charge in [0.05, 0.1) is 11.8 Å². The van der Waals surface area contributed by atoms with Crippen LogP contribution in [0.1, 0.15) is 52.4 Å². The Balaban J connectivity index is 1.61. The second-order valence-corrected chi connectivity index (χ2v) is 6.38. The smallest absolute Gasteiger partial charge is 0.309 e. The Kier molecular flexibility index (Phi) is 6.22. The summed E-state index contributed by atoms with van der Waals surface area (Å²) in [6.07, 6.45) is 9.37. The van der Waals surface area contributed by atoms with Crippen LogP contribution < -0.4 is 0 Å². The normalized spacial score (nSPS) is 25.0. The molecule has 4 nitrogen and oxygen atoms in total. The molecule has 0 aliphatic heterocycles. The zero-order chi connectivity index (χ0) is 15.9. The lowest BCUT2D eigenvalue weighted by atomic mass is 9.90. The highest BCUT2D eigenvalue weighted by atomic mass is 16.6. The summed E-state index contributed by atoms with van der Waals surface area (Å²) in [5.74, 6) is -0.413. The summed E-state index contributed by atoms with van der Waals surface area (Å²) in [4.78, 5) is 23.8. The maximum absolute atomic E-state index is 11.9. The number of allylic oxidation sites excluding steroid dienone is 4. The third-order valence-corrected chi connectivity index (χ3v) is 4.51. The van der Waals surface area contributed by atoms with Crippen molar-refractivity contribution in [3.8, 4) is 0 Å². The van der Waals surface area contributed by atoms with Gasteiger partial charge in [-0.05, 0) is 52.4 Å². The Morgan fingerprint density at radius 2 is 1.32 bits per heavy atom. The summed E-state index contributed by atoms with van der Waals surface area (Å²) in [5.41, 5.74) is 2.68. The van der Waals surface area contributed by atoms with E-state index < -0.39 is 0 Å². The molecule has 0 spiro atoms. The van der Waals surface area contributed by atoms with E-state index in [-0.39, 0.29) is 37.0 Å². The molecule has 0 radical (unpaired) electrons. The molecule has 2 aliphatic carbocycles. The van der Waals surface area contributed by atoms with Gasteiger partial charge in [-0.2, -0.15) is 0 Å². The number of hydrogen-bond donors (Lipinski definition) is 0. The van der Waals surface area contributed by atoms with Crippen molar-refractivity contribution in [1.82, 2.24) is 0 Å². The fourth-order valence-electron chi connectivity index (χ4n) is 2.88. The van der Waals surface area contributed by atoms with Gasteiger partial charge < -0.3 is 9.47 Å². The Morgan fingerprint density at radius 3 is 1.64 bits per heavy atom. The van der Waals surface area contributed by atoms with Crippen LogP contribution in [0.2, 0.25) is 0 Å². The van der Waals surface area contributed by atoms with E-state index in [1.807, 2.05) is 0 Å². The molecule has 0 N–H and O–H groups in total. The Bertz CT molecular complexity index is 431. The van der Waals surface area contributed by atoms with Crippen molar-refractivity contribution in [3.05, 3.63) is 23.3 Å². The van der Waals surface area contributed by atoms with Crippen molar-refractivity contribution >= 4 is 11.9 Å². The average molecular weight is 306 g/mol. The quantitative estimate of drug-likeness (QED) is 0.443. The molecule has 122 valence electrons. The first-order chi connectivity index (χ1) is 10.6. The largest absolute Gasteiger partial charge is 0.462 e. The lowest BCUT2D eigenvalue weighted by Gasteiger charge is -2.20. The average Bonchev–Trinajstić information content (AvgIpc) is 2.52. The molecule has 0 amide bonds. The molecule has 0 saturated heterocycles. The van der Waals surface area contributed by atoms with Gasteiger partial charge in [-0.1, -0.05) is 23.3 Å². The van der Waals surface area contributed by atoms with Crippen LogP contribution in [-0.4, -0.2) is 25.2 Å². The summed E-state index contributed by atoms with van der Waals surface area (Å²) >= 11 is 0. The molecule has 2 atom stereocenters. The Hall–Kier alpha value is -1.58. The van der Waals surface area contributed by atoms with E-state index in [1.165, 1.54) is 11.1 Å². The van der Waals surface area contributed by atoms with Crippen molar-refractivity contribution in [2.24, 2.45) is 11.8 Å². The van der Waals surface area contributed by atoms with Gasteiger partial charge in [0.2, 0.25) is 0 Å². The minimum absolute atomic E-state index is 0.0362. The van der Waals surface area contributed by atoms with Crippen LogP contribution >= 0.6 is 0 Å². The SMILES string of the molecule is CC1=CCC(C(=O)OCCOC(=O)C2CC=C(C)CC2)CC1. The minimum Gasteiger partial charge on any atom is -0.462 e. The molecule has 2 aliphatic rings. The molecular weight excluding hydrogens is 280 g/mol. The van der Waals surface area contributed by atoms with Gasteiger partial charge in [0.15, 0.2) is 0 Å². The lowest BCUT2D eigenvalue weighted by Crippen LogP contribution is -2.24. The van der Waals surface area contributed by atoms with Gasteiger partial charge in [0.25, 0.3) is 0 Å². The summed E-state index contributed by atoms with van der Waals surface area (Å²) in [6, 6.07) is 0. The van der Waals surface area contributed by atoms with E-state index in [0.29, 0.717) is 0 Å². The van der Waals surface area contributed by atoms with Gasteiger partial charge in [-0.15, -0.1) is 0 Å². The Morgan fingerprint density at radius 1 is 0.909 bits per heavy atom. The second kappa shape index (κ2) is 8.16. The number of rotatable bonds is 5.